The van der Waals surface area contributed by atoms with Crippen molar-refractivity contribution in [2.24, 2.45) is 11.8 Å². The molecule has 0 aliphatic heterocycles. The predicted octanol–water partition coefficient (Wildman–Crippen LogP) is 0.596. The number of amides is 2. The Morgan fingerprint density at radius 2 is 1.84 bits per heavy atom. The Morgan fingerprint density at radius 3 is 2.32 bits per heavy atom. The zero-order chi connectivity index (χ0) is 14.8. The van der Waals surface area contributed by atoms with E-state index in [2.05, 4.69) is 15.4 Å². The molecule has 110 valence electrons. The van der Waals surface area contributed by atoms with E-state index >= 15 is 0 Å². The topological polar surface area (TPSA) is 105 Å². The number of carboxylic acids is 1. The van der Waals surface area contributed by atoms with Gasteiger partial charge >= 0.3 is 18.0 Å². The first-order valence-corrected chi connectivity index (χ1v) is 6.26. The Morgan fingerprint density at radius 1 is 1.21 bits per heavy atom. The molecule has 0 fully saturated rings. The minimum Gasteiger partial charge on any atom is -0.481 e. The van der Waals surface area contributed by atoms with Gasteiger partial charge in [0, 0.05) is 6.54 Å². The molecule has 7 nitrogen and oxygen atoms in total. The van der Waals surface area contributed by atoms with Gasteiger partial charge in [-0.2, -0.15) is 0 Å². The Bertz CT molecular complexity index is 317. The lowest BCUT2D eigenvalue weighted by Crippen LogP contribution is -2.42. The smallest absolute Gasteiger partial charge is 0.325 e. The average molecular weight is 274 g/mol. The highest BCUT2D eigenvalue weighted by molar-refractivity contribution is 5.81. The number of rotatable bonds is 8. The summed E-state index contributed by atoms with van der Waals surface area (Å²) in [5.41, 5.74) is 0. The zero-order valence-electron chi connectivity index (χ0n) is 11.6. The van der Waals surface area contributed by atoms with Crippen molar-refractivity contribution >= 4 is 18.0 Å². The van der Waals surface area contributed by atoms with Crippen molar-refractivity contribution in [3.8, 4) is 0 Å². The van der Waals surface area contributed by atoms with Crippen LogP contribution in [0.1, 0.15) is 27.2 Å². The molecule has 0 rings (SSSR count). The number of hydrogen-bond acceptors (Lipinski definition) is 4. The van der Waals surface area contributed by atoms with Crippen LogP contribution in [0, 0.1) is 11.8 Å². The Balaban J connectivity index is 3.98. The fraction of sp³-hybridized carbons (Fsp3) is 0.750. The minimum absolute atomic E-state index is 0.0299. The fourth-order valence-electron chi connectivity index (χ4n) is 1.48. The van der Waals surface area contributed by atoms with Crippen LogP contribution in [0.3, 0.4) is 0 Å². The van der Waals surface area contributed by atoms with Gasteiger partial charge in [-0.3, -0.25) is 9.59 Å². The molecule has 2 amide bonds. The van der Waals surface area contributed by atoms with E-state index in [1.165, 1.54) is 0 Å². The molecular weight excluding hydrogens is 252 g/mol. The number of hydrogen-bond donors (Lipinski definition) is 3. The predicted molar refractivity (Wildman–Crippen MR) is 68.6 cm³/mol. The lowest BCUT2D eigenvalue weighted by molar-refractivity contribution is -0.143. The molecule has 0 aliphatic carbocycles. The maximum absolute atomic E-state index is 11.3. The summed E-state index contributed by atoms with van der Waals surface area (Å²) in [4.78, 5) is 33.3. The van der Waals surface area contributed by atoms with Crippen molar-refractivity contribution < 1.29 is 24.2 Å². The first-order valence-electron chi connectivity index (χ1n) is 6.26. The molecule has 1 atom stereocenters. The molecule has 1 unspecified atom stereocenters. The van der Waals surface area contributed by atoms with Gasteiger partial charge in [0.25, 0.3) is 0 Å². The third-order valence-electron chi connectivity index (χ3n) is 2.31. The van der Waals surface area contributed by atoms with E-state index in [9.17, 15) is 14.4 Å². The van der Waals surface area contributed by atoms with Crippen LogP contribution in [0.2, 0.25) is 0 Å². The Kier molecular flexibility index (Phi) is 8.32. The maximum Gasteiger partial charge on any atom is 0.325 e. The molecule has 0 bridgehead atoms. The molecular formula is C12H22N2O5. The molecule has 0 aliphatic rings. The third kappa shape index (κ3) is 8.87. The lowest BCUT2D eigenvalue weighted by atomic mass is 9.97. The molecule has 0 aromatic rings. The molecule has 0 heterocycles. The van der Waals surface area contributed by atoms with E-state index in [1.54, 1.807) is 6.92 Å². The monoisotopic (exact) mass is 274 g/mol. The summed E-state index contributed by atoms with van der Waals surface area (Å²) in [6.45, 7) is 5.54. The number of aliphatic carboxylic acids is 1. The second-order valence-corrected chi connectivity index (χ2v) is 4.53. The SMILES string of the molecule is CCOC(=O)CNC(=O)NCC(CC(C)C)C(=O)O. The van der Waals surface area contributed by atoms with Gasteiger partial charge in [0.05, 0.1) is 12.5 Å². The summed E-state index contributed by atoms with van der Waals surface area (Å²) in [5, 5.41) is 13.7. The number of carboxylic acid groups (broad SMARTS) is 1. The quantitative estimate of drug-likeness (QED) is 0.562. The van der Waals surface area contributed by atoms with E-state index < -0.39 is 23.9 Å². The molecule has 0 aromatic heterocycles. The van der Waals surface area contributed by atoms with Crippen LogP contribution in [-0.2, 0) is 14.3 Å². The molecule has 3 N–H and O–H groups in total. The van der Waals surface area contributed by atoms with Gasteiger partial charge in [-0.15, -0.1) is 0 Å². The zero-order valence-corrected chi connectivity index (χ0v) is 11.6. The van der Waals surface area contributed by atoms with E-state index in [4.69, 9.17) is 5.11 Å². The van der Waals surface area contributed by atoms with Crippen LogP contribution < -0.4 is 10.6 Å². The van der Waals surface area contributed by atoms with Crippen LogP contribution in [0.4, 0.5) is 4.79 Å². The van der Waals surface area contributed by atoms with Crippen molar-refractivity contribution in [1.82, 2.24) is 10.6 Å². The largest absolute Gasteiger partial charge is 0.481 e. The Labute approximate surface area is 112 Å². The number of nitrogens with one attached hydrogen (secondary N) is 2. The second kappa shape index (κ2) is 9.18. The van der Waals surface area contributed by atoms with Gasteiger partial charge in [0.2, 0.25) is 0 Å². The van der Waals surface area contributed by atoms with E-state index in [0.717, 1.165) is 0 Å². The number of carbonyl (C=O) groups excluding carboxylic acids is 2. The van der Waals surface area contributed by atoms with Gasteiger partial charge < -0.3 is 20.5 Å². The lowest BCUT2D eigenvalue weighted by Gasteiger charge is -2.15. The number of esters is 1. The van der Waals surface area contributed by atoms with Crippen LogP contribution >= 0.6 is 0 Å². The maximum atomic E-state index is 11.3. The van der Waals surface area contributed by atoms with Crippen molar-refractivity contribution in [3.05, 3.63) is 0 Å². The van der Waals surface area contributed by atoms with Gasteiger partial charge in [-0.1, -0.05) is 13.8 Å². The summed E-state index contributed by atoms with van der Waals surface area (Å²) >= 11 is 0. The molecule has 0 spiro atoms. The van der Waals surface area contributed by atoms with E-state index in [1.807, 2.05) is 13.8 Å². The van der Waals surface area contributed by atoms with Crippen LogP contribution in [0.5, 0.6) is 0 Å². The summed E-state index contributed by atoms with van der Waals surface area (Å²) in [7, 11) is 0. The number of urea groups is 1. The summed E-state index contributed by atoms with van der Waals surface area (Å²) < 4.78 is 4.63. The average Bonchev–Trinajstić information content (AvgIpc) is 2.31. The van der Waals surface area contributed by atoms with E-state index in [-0.39, 0.29) is 25.6 Å². The summed E-state index contributed by atoms with van der Waals surface area (Å²) in [5.74, 6) is -1.88. The molecule has 0 radical (unpaired) electrons. The van der Waals surface area contributed by atoms with Gasteiger partial charge in [0.1, 0.15) is 6.54 Å². The standard InChI is InChI=1S/C12H22N2O5/c1-4-19-10(15)7-14-12(18)13-6-9(11(16)17)5-8(2)3/h8-9H,4-7H2,1-3H3,(H,16,17)(H2,13,14,18). The van der Waals surface area contributed by atoms with Crippen molar-refractivity contribution in [1.29, 1.82) is 0 Å². The molecule has 0 aromatic carbocycles. The van der Waals surface area contributed by atoms with Crippen molar-refractivity contribution in [2.45, 2.75) is 27.2 Å². The molecule has 7 heteroatoms. The van der Waals surface area contributed by atoms with Crippen molar-refractivity contribution in [2.75, 3.05) is 19.7 Å². The Hall–Kier alpha value is -1.79. The van der Waals surface area contributed by atoms with Crippen LogP contribution in [0.25, 0.3) is 0 Å². The molecule has 0 saturated carbocycles. The second-order valence-electron chi connectivity index (χ2n) is 4.53. The van der Waals surface area contributed by atoms with Gasteiger partial charge in [0.15, 0.2) is 0 Å². The first kappa shape index (κ1) is 17.2. The number of carbonyl (C=O) groups is 3. The van der Waals surface area contributed by atoms with Crippen LogP contribution in [-0.4, -0.2) is 42.8 Å². The highest BCUT2D eigenvalue weighted by atomic mass is 16.5. The number of ether oxygens (including phenoxy) is 1. The minimum atomic E-state index is -0.945. The van der Waals surface area contributed by atoms with Gasteiger partial charge in [-0.05, 0) is 19.3 Å². The highest BCUT2D eigenvalue weighted by Crippen LogP contribution is 2.10. The van der Waals surface area contributed by atoms with E-state index in [0.29, 0.717) is 6.42 Å². The normalized spacial score (nSPS) is 11.8. The highest BCUT2D eigenvalue weighted by Gasteiger charge is 2.19. The first-order chi connectivity index (χ1) is 8.86. The van der Waals surface area contributed by atoms with Crippen molar-refractivity contribution in [3.63, 3.8) is 0 Å². The van der Waals surface area contributed by atoms with Gasteiger partial charge in [-0.25, -0.2) is 4.79 Å². The summed E-state index contributed by atoms with van der Waals surface area (Å²) in [6.07, 6.45) is 0.480. The molecule has 19 heavy (non-hydrogen) atoms. The van der Waals surface area contributed by atoms with Crippen LogP contribution in [0.15, 0.2) is 0 Å². The fourth-order valence-corrected chi connectivity index (χ4v) is 1.48. The molecule has 0 saturated heterocycles. The third-order valence-corrected chi connectivity index (χ3v) is 2.31. The summed E-state index contributed by atoms with van der Waals surface area (Å²) in [6, 6.07) is -0.581.